The fourth-order valence-corrected chi connectivity index (χ4v) is 1.88. The Labute approximate surface area is 83.2 Å². The normalized spacial score (nSPS) is 12.3. The molecule has 0 unspecified atom stereocenters. The van der Waals surface area contributed by atoms with E-state index in [9.17, 15) is 0 Å². The maximum atomic E-state index is 8.34. The van der Waals surface area contributed by atoms with Crippen LogP contribution in [0.1, 0.15) is 30.7 Å². The number of nitrogens with zero attached hydrogens (tertiary/aromatic N) is 1. The van der Waals surface area contributed by atoms with E-state index in [1.54, 1.807) is 11.3 Å². The minimum absolute atomic E-state index is 0.415. The summed E-state index contributed by atoms with van der Waals surface area (Å²) in [6, 6.07) is 6.75. The van der Waals surface area contributed by atoms with Crippen LogP contribution >= 0.6 is 11.3 Å². The second-order valence-corrected chi connectivity index (χ2v) is 3.93. The van der Waals surface area contributed by atoms with Crippen molar-refractivity contribution < 1.29 is 0 Å². The molecule has 0 aliphatic carbocycles. The Hall–Kier alpha value is -0.850. The Morgan fingerprint density at radius 2 is 2.54 bits per heavy atom. The van der Waals surface area contributed by atoms with Gasteiger partial charge in [0.25, 0.3) is 0 Å². The molecule has 0 saturated heterocycles. The molecule has 0 amide bonds. The molecule has 0 radical (unpaired) electrons. The van der Waals surface area contributed by atoms with Gasteiger partial charge < -0.3 is 5.32 Å². The summed E-state index contributed by atoms with van der Waals surface area (Å²) in [7, 11) is 0. The number of nitriles is 1. The fourth-order valence-electron chi connectivity index (χ4n) is 1.12. The SMILES string of the molecule is C[C@@H](NCCCC#N)c1cccs1. The number of rotatable bonds is 5. The van der Waals surface area contributed by atoms with Gasteiger partial charge in [-0.15, -0.1) is 11.3 Å². The first-order valence-electron chi connectivity index (χ1n) is 4.48. The van der Waals surface area contributed by atoms with Gasteiger partial charge in [-0.2, -0.15) is 5.26 Å². The average Bonchev–Trinajstić information content (AvgIpc) is 2.65. The van der Waals surface area contributed by atoms with E-state index in [2.05, 4.69) is 35.8 Å². The van der Waals surface area contributed by atoms with Crippen molar-refractivity contribution in [2.45, 2.75) is 25.8 Å². The Bertz CT molecular complexity index is 261. The van der Waals surface area contributed by atoms with Crippen molar-refractivity contribution in [3.05, 3.63) is 22.4 Å². The van der Waals surface area contributed by atoms with Crippen molar-refractivity contribution in [1.29, 1.82) is 5.26 Å². The van der Waals surface area contributed by atoms with Crippen LogP contribution in [0.15, 0.2) is 17.5 Å². The van der Waals surface area contributed by atoms with Crippen LogP contribution in [0.25, 0.3) is 0 Å². The van der Waals surface area contributed by atoms with E-state index >= 15 is 0 Å². The molecule has 3 heteroatoms. The molecule has 70 valence electrons. The van der Waals surface area contributed by atoms with Gasteiger partial charge in [-0.3, -0.25) is 0 Å². The van der Waals surface area contributed by atoms with Crippen LogP contribution < -0.4 is 5.32 Å². The lowest BCUT2D eigenvalue weighted by Gasteiger charge is -2.10. The molecule has 0 spiro atoms. The molecule has 1 N–H and O–H groups in total. The first-order chi connectivity index (χ1) is 6.34. The molecule has 0 aromatic carbocycles. The van der Waals surface area contributed by atoms with Gasteiger partial charge in [0.05, 0.1) is 6.07 Å². The summed E-state index contributed by atoms with van der Waals surface area (Å²) in [5.74, 6) is 0. The summed E-state index contributed by atoms with van der Waals surface area (Å²) in [6.45, 7) is 3.07. The number of hydrogen-bond acceptors (Lipinski definition) is 3. The van der Waals surface area contributed by atoms with Crippen LogP contribution in [-0.2, 0) is 0 Å². The Morgan fingerprint density at radius 1 is 1.69 bits per heavy atom. The predicted molar refractivity (Wildman–Crippen MR) is 55.6 cm³/mol. The number of hydrogen-bond donors (Lipinski definition) is 1. The zero-order valence-electron chi connectivity index (χ0n) is 7.79. The van der Waals surface area contributed by atoms with Crippen LogP contribution in [0, 0.1) is 11.3 Å². The highest BCUT2D eigenvalue weighted by atomic mass is 32.1. The molecule has 1 aromatic rings. The molecule has 1 atom stereocenters. The summed E-state index contributed by atoms with van der Waals surface area (Å²) in [6.07, 6.45) is 1.58. The lowest BCUT2D eigenvalue weighted by molar-refractivity contribution is 0.569. The summed E-state index contributed by atoms with van der Waals surface area (Å²) in [4.78, 5) is 1.36. The van der Waals surface area contributed by atoms with Crippen LogP contribution in [0.3, 0.4) is 0 Å². The molecule has 0 saturated carbocycles. The van der Waals surface area contributed by atoms with E-state index in [1.165, 1.54) is 4.88 Å². The maximum absolute atomic E-state index is 8.34. The second kappa shape index (κ2) is 5.74. The van der Waals surface area contributed by atoms with Gasteiger partial charge in [-0.1, -0.05) is 6.07 Å². The summed E-state index contributed by atoms with van der Waals surface area (Å²) in [5, 5.41) is 13.8. The lowest BCUT2D eigenvalue weighted by Crippen LogP contribution is -2.18. The van der Waals surface area contributed by atoms with E-state index in [4.69, 9.17) is 5.26 Å². The molecule has 2 nitrogen and oxygen atoms in total. The Kier molecular flexibility index (Phi) is 4.52. The molecule has 1 heterocycles. The third-order valence-electron chi connectivity index (χ3n) is 1.89. The largest absolute Gasteiger partial charge is 0.309 e. The number of nitrogens with one attached hydrogen (secondary N) is 1. The van der Waals surface area contributed by atoms with Crippen molar-refractivity contribution in [3.8, 4) is 6.07 Å². The minimum Gasteiger partial charge on any atom is -0.309 e. The first-order valence-corrected chi connectivity index (χ1v) is 5.36. The third kappa shape index (κ3) is 3.58. The maximum Gasteiger partial charge on any atom is 0.0622 e. The highest BCUT2D eigenvalue weighted by molar-refractivity contribution is 7.10. The fraction of sp³-hybridized carbons (Fsp3) is 0.500. The van der Waals surface area contributed by atoms with Gasteiger partial charge >= 0.3 is 0 Å². The number of unbranched alkanes of at least 4 members (excludes halogenated alkanes) is 1. The molecule has 0 aliphatic heterocycles. The van der Waals surface area contributed by atoms with Crippen molar-refractivity contribution in [3.63, 3.8) is 0 Å². The van der Waals surface area contributed by atoms with Crippen molar-refractivity contribution in [2.75, 3.05) is 6.54 Å². The van der Waals surface area contributed by atoms with Gasteiger partial charge in [0.2, 0.25) is 0 Å². The van der Waals surface area contributed by atoms with Gasteiger partial charge in [-0.25, -0.2) is 0 Å². The molecule has 0 bridgehead atoms. The van der Waals surface area contributed by atoms with Crippen LogP contribution in [0.4, 0.5) is 0 Å². The van der Waals surface area contributed by atoms with Crippen molar-refractivity contribution >= 4 is 11.3 Å². The highest BCUT2D eigenvalue weighted by Crippen LogP contribution is 2.17. The monoisotopic (exact) mass is 194 g/mol. The Morgan fingerprint density at radius 3 is 3.15 bits per heavy atom. The van der Waals surface area contributed by atoms with Gasteiger partial charge in [0, 0.05) is 17.3 Å². The van der Waals surface area contributed by atoms with E-state index in [1.807, 2.05) is 0 Å². The third-order valence-corrected chi connectivity index (χ3v) is 2.94. The van der Waals surface area contributed by atoms with Crippen LogP contribution in [0.2, 0.25) is 0 Å². The summed E-state index contributed by atoms with van der Waals surface area (Å²) >= 11 is 1.77. The lowest BCUT2D eigenvalue weighted by atomic mass is 10.2. The molecule has 1 aromatic heterocycles. The molecular formula is C10H14N2S. The quantitative estimate of drug-likeness (QED) is 0.731. The molecule has 0 fully saturated rings. The summed E-state index contributed by atoms with van der Waals surface area (Å²) in [5.41, 5.74) is 0. The molecule has 1 rings (SSSR count). The van der Waals surface area contributed by atoms with Gasteiger partial charge in [0.15, 0.2) is 0 Å². The van der Waals surface area contributed by atoms with Crippen molar-refractivity contribution in [1.82, 2.24) is 5.32 Å². The molecule has 0 aliphatic rings. The highest BCUT2D eigenvalue weighted by Gasteiger charge is 2.03. The van der Waals surface area contributed by atoms with Crippen LogP contribution in [-0.4, -0.2) is 6.54 Å². The van der Waals surface area contributed by atoms with Gasteiger partial charge in [-0.05, 0) is 31.3 Å². The van der Waals surface area contributed by atoms with E-state index < -0.39 is 0 Å². The summed E-state index contributed by atoms with van der Waals surface area (Å²) < 4.78 is 0. The predicted octanol–water partition coefficient (Wildman–Crippen LogP) is 2.70. The topological polar surface area (TPSA) is 35.8 Å². The molecule has 13 heavy (non-hydrogen) atoms. The minimum atomic E-state index is 0.415. The standard InChI is InChI=1S/C10H14N2S/c1-9(10-5-4-8-13-10)12-7-3-2-6-11/h4-5,8-9,12H,2-3,7H2,1H3/t9-/m1/s1. The average molecular weight is 194 g/mol. The smallest absolute Gasteiger partial charge is 0.0622 e. The Balaban J connectivity index is 2.19. The van der Waals surface area contributed by atoms with E-state index in [0.717, 1.165) is 13.0 Å². The van der Waals surface area contributed by atoms with E-state index in [0.29, 0.717) is 12.5 Å². The van der Waals surface area contributed by atoms with Crippen LogP contribution in [0.5, 0.6) is 0 Å². The number of thiophene rings is 1. The van der Waals surface area contributed by atoms with Gasteiger partial charge in [0.1, 0.15) is 0 Å². The van der Waals surface area contributed by atoms with Crippen molar-refractivity contribution in [2.24, 2.45) is 0 Å². The first kappa shape index (κ1) is 10.2. The second-order valence-electron chi connectivity index (χ2n) is 2.95. The zero-order valence-corrected chi connectivity index (χ0v) is 8.60. The molecular weight excluding hydrogens is 180 g/mol. The van der Waals surface area contributed by atoms with E-state index in [-0.39, 0.29) is 0 Å². The zero-order chi connectivity index (χ0) is 9.52.